The highest BCUT2D eigenvalue weighted by Crippen LogP contribution is 2.09. The van der Waals surface area contributed by atoms with Crippen molar-refractivity contribution in [1.29, 1.82) is 0 Å². The molecule has 18 heavy (non-hydrogen) atoms. The van der Waals surface area contributed by atoms with Gasteiger partial charge in [0.05, 0.1) is 17.7 Å². The van der Waals surface area contributed by atoms with Gasteiger partial charge in [-0.15, -0.1) is 0 Å². The summed E-state index contributed by atoms with van der Waals surface area (Å²) in [6.07, 6.45) is -0.461. The fraction of sp³-hybridized carbons (Fsp3) is 0.400. The van der Waals surface area contributed by atoms with Gasteiger partial charge in [0.1, 0.15) is 6.04 Å². The quantitative estimate of drug-likeness (QED) is 0.538. The lowest BCUT2D eigenvalue weighted by Gasteiger charge is -2.12. The summed E-state index contributed by atoms with van der Waals surface area (Å²) >= 11 is 0. The molecule has 0 aliphatic carbocycles. The molecule has 0 spiro atoms. The number of amides is 2. The number of carboxylic acid groups (broad SMARTS) is 1. The highest BCUT2D eigenvalue weighted by atomic mass is 16.4. The number of nitrogens with zero attached hydrogens (tertiary/aromatic N) is 1. The van der Waals surface area contributed by atoms with Crippen LogP contribution in [0, 0.1) is 13.8 Å². The number of carbonyl (C=O) groups is 3. The van der Waals surface area contributed by atoms with Crippen molar-refractivity contribution in [2.45, 2.75) is 26.3 Å². The van der Waals surface area contributed by atoms with E-state index < -0.39 is 30.2 Å². The average molecular weight is 254 g/mol. The molecule has 1 aromatic heterocycles. The van der Waals surface area contributed by atoms with Crippen molar-refractivity contribution in [3.05, 3.63) is 17.0 Å². The van der Waals surface area contributed by atoms with Crippen LogP contribution in [0.2, 0.25) is 0 Å². The third-order valence-corrected chi connectivity index (χ3v) is 2.36. The van der Waals surface area contributed by atoms with E-state index in [0.717, 1.165) is 0 Å². The van der Waals surface area contributed by atoms with E-state index in [2.05, 4.69) is 15.5 Å². The Labute approximate surface area is 103 Å². The van der Waals surface area contributed by atoms with Crippen LogP contribution in [0.4, 0.5) is 0 Å². The second-order valence-corrected chi connectivity index (χ2v) is 3.84. The number of rotatable bonds is 5. The number of H-pyrrole nitrogens is 1. The lowest BCUT2D eigenvalue weighted by atomic mass is 10.1. The van der Waals surface area contributed by atoms with Crippen LogP contribution in [0.15, 0.2) is 0 Å². The van der Waals surface area contributed by atoms with E-state index in [-0.39, 0.29) is 5.56 Å². The summed E-state index contributed by atoms with van der Waals surface area (Å²) < 4.78 is 0. The van der Waals surface area contributed by atoms with Gasteiger partial charge in [0.15, 0.2) is 0 Å². The number of hydrogen-bond acceptors (Lipinski definition) is 4. The largest absolute Gasteiger partial charge is 0.480 e. The third-order valence-electron chi connectivity index (χ3n) is 2.36. The van der Waals surface area contributed by atoms with Gasteiger partial charge in [-0.25, -0.2) is 4.79 Å². The first kappa shape index (κ1) is 13.7. The monoisotopic (exact) mass is 254 g/mol. The Morgan fingerprint density at radius 1 is 1.44 bits per heavy atom. The minimum Gasteiger partial charge on any atom is -0.480 e. The van der Waals surface area contributed by atoms with E-state index in [4.69, 9.17) is 10.8 Å². The van der Waals surface area contributed by atoms with Crippen LogP contribution >= 0.6 is 0 Å². The van der Waals surface area contributed by atoms with Gasteiger partial charge in [0.25, 0.3) is 5.91 Å². The molecule has 5 N–H and O–H groups in total. The van der Waals surface area contributed by atoms with Crippen molar-refractivity contribution >= 4 is 17.8 Å². The first-order chi connectivity index (χ1) is 8.32. The molecule has 0 radical (unpaired) electrons. The first-order valence-electron chi connectivity index (χ1n) is 5.16. The fourth-order valence-corrected chi connectivity index (χ4v) is 1.52. The molecule has 0 saturated heterocycles. The maximum Gasteiger partial charge on any atom is 0.326 e. The molecule has 8 nitrogen and oxygen atoms in total. The van der Waals surface area contributed by atoms with Crippen molar-refractivity contribution in [2.75, 3.05) is 0 Å². The highest BCUT2D eigenvalue weighted by molar-refractivity contribution is 5.99. The minimum atomic E-state index is -1.34. The third kappa shape index (κ3) is 3.06. The Morgan fingerprint density at radius 2 is 2.06 bits per heavy atom. The summed E-state index contributed by atoms with van der Waals surface area (Å²) in [5, 5.41) is 17.5. The van der Waals surface area contributed by atoms with E-state index in [0.29, 0.717) is 11.4 Å². The Hall–Kier alpha value is -2.38. The van der Waals surface area contributed by atoms with Crippen LogP contribution in [0.5, 0.6) is 0 Å². The average Bonchev–Trinajstić information content (AvgIpc) is 2.56. The lowest BCUT2D eigenvalue weighted by Crippen LogP contribution is -2.43. The molecular weight excluding hydrogens is 240 g/mol. The van der Waals surface area contributed by atoms with Gasteiger partial charge >= 0.3 is 5.97 Å². The van der Waals surface area contributed by atoms with Crippen LogP contribution in [0.1, 0.15) is 28.2 Å². The van der Waals surface area contributed by atoms with Crippen molar-refractivity contribution in [1.82, 2.24) is 15.5 Å². The summed E-state index contributed by atoms with van der Waals surface area (Å²) in [5.74, 6) is -2.73. The number of carboxylic acids is 1. The summed E-state index contributed by atoms with van der Waals surface area (Å²) in [5.41, 5.74) is 6.16. The molecule has 0 bridgehead atoms. The molecule has 98 valence electrons. The number of nitrogens with two attached hydrogens (primary N) is 1. The molecule has 1 aromatic rings. The van der Waals surface area contributed by atoms with E-state index in [1.165, 1.54) is 0 Å². The number of aryl methyl sites for hydroxylation is 2. The van der Waals surface area contributed by atoms with Crippen LogP contribution in [0.25, 0.3) is 0 Å². The summed E-state index contributed by atoms with van der Waals surface area (Å²) in [6, 6.07) is -1.34. The summed E-state index contributed by atoms with van der Waals surface area (Å²) in [4.78, 5) is 33.4. The summed E-state index contributed by atoms with van der Waals surface area (Å²) in [7, 11) is 0. The van der Waals surface area contributed by atoms with Crippen LogP contribution < -0.4 is 11.1 Å². The molecule has 0 fully saturated rings. The molecule has 0 saturated carbocycles. The van der Waals surface area contributed by atoms with Crippen molar-refractivity contribution < 1.29 is 19.5 Å². The predicted molar refractivity (Wildman–Crippen MR) is 60.8 cm³/mol. The Kier molecular flexibility index (Phi) is 4.03. The number of hydrogen-bond donors (Lipinski definition) is 4. The molecule has 0 unspecified atom stereocenters. The van der Waals surface area contributed by atoms with Gasteiger partial charge < -0.3 is 16.2 Å². The molecular formula is C10H14N4O4. The second kappa shape index (κ2) is 5.30. The molecule has 0 aliphatic heterocycles. The zero-order valence-corrected chi connectivity index (χ0v) is 9.98. The molecule has 0 aliphatic rings. The van der Waals surface area contributed by atoms with Crippen LogP contribution in [0.3, 0.4) is 0 Å². The van der Waals surface area contributed by atoms with E-state index in [1.807, 2.05) is 0 Å². The van der Waals surface area contributed by atoms with Gasteiger partial charge in [-0.3, -0.25) is 14.7 Å². The number of carbonyl (C=O) groups excluding carboxylic acids is 2. The van der Waals surface area contributed by atoms with Crippen LogP contribution in [-0.4, -0.2) is 39.1 Å². The number of aromatic amines is 1. The molecule has 0 aromatic carbocycles. The van der Waals surface area contributed by atoms with Crippen molar-refractivity contribution in [2.24, 2.45) is 5.73 Å². The maximum absolute atomic E-state index is 11.9. The van der Waals surface area contributed by atoms with Crippen LogP contribution in [-0.2, 0) is 9.59 Å². The Bertz CT molecular complexity index is 475. The SMILES string of the molecule is Cc1n[nH]c(C)c1C(=O)N[C@@H](CC(N)=O)C(=O)O. The van der Waals surface area contributed by atoms with Gasteiger partial charge in [0.2, 0.25) is 5.91 Å². The Balaban J connectivity index is 2.85. The van der Waals surface area contributed by atoms with E-state index >= 15 is 0 Å². The number of aliphatic carboxylic acids is 1. The lowest BCUT2D eigenvalue weighted by molar-refractivity contribution is -0.140. The predicted octanol–water partition coefficient (Wildman–Crippen LogP) is -0.915. The first-order valence-corrected chi connectivity index (χ1v) is 5.16. The smallest absolute Gasteiger partial charge is 0.326 e. The number of aromatic nitrogens is 2. The van der Waals surface area contributed by atoms with Crippen molar-refractivity contribution in [3.8, 4) is 0 Å². The van der Waals surface area contributed by atoms with Crippen molar-refractivity contribution in [3.63, 3.8) is 0 Å². The topological polar surface area (TPSA) is 138 Å². The molecule has 1 heterocycles. The van der Waals surface area contributed by atoms with Gasteiger partial charge in [-0.05, 0) is 13.8 Å². The second-order valence-electron chi connectivity index (χ2n) is 3.84. The van der Waals surface area contributed by atoms with Gasteiger partial charge in [-0.1, -0.05) is 0 Å². The number of primary amides is 1. The molecule has 1 atom stereocenters. The molecule has 1 rings (SSSR count). The number of nitrogens with one attached hydrogen (secondary N) is 2. The maximum atomic E-state index is 11.9. The fourth-order valence-electron chi connectivity index (χ4n) is 1.52. The van der Waals surface area contributed by atoms with E-state index in [1.54, 1.807) is 13.8 Å². The normalized spacial score (nSPS) is 11.9. The Morgan fingerprint density at radius 3 is 2.44 bits per heavy atom. The van der Waals surface area contributed by atoms with Gasteiger partial charge in [-0.2, -0.15) is 5.10 Å². The minimum absolute atomic E-state index is 0.269. The van der Waals surface area contributed by atoms with Gasteiger partial charge in [0, 0.05) is 5.69 Å². The summed E-state index contributed by atoms with van der Waals surface area (Å²) in [6.45, 7) is 3.25. The molecule has 8 heteroatoms. The highest BCUT2D eigenvalue weighted by Gasteiger charge is 2.25. The standard InChI is InChI=1S/C10H14N4O4/c1-4-8(5(2)14-13-4)9(16)12-6(10(17)18)3-7(11)15/h6H,3H2,1-2H3,(H2,11,15)(H,12,16)(H,13,14)(H,17,18)/t6-/m0/s1. The zero-order chi connectivity index (χ0) is 13.9. The molecule has 2 amide bonds. The van der Waals surface area contributed by atoms with E-state index in [9.17, 15) is 14.4 Å². The zero-order valence-electron chi connectivity index (χ0n) is 9.98.